The normalized spacial score (nSPS) is 17.4. The lowest BCUT2D eigenvalue weighted by molar-refractivity contribution is 0.509. The van der Waals surface area contributed by atoms with Crippen LogP contribution in [0.25, 0.3) is 10.2 Å². The average Bonchev–Trinajstić information content (AvgIpc) is 2.90. The Labute approximate surface area is 137 Å². The number of nitrogens with zero attached hydrogens (tertiary/aromatic N) is 2. The van der Waals surface area contributed by atoms with E-state index in [9.17, 15) is 9.18 Å². The molecule has 0 saturated heterocycles. The Kier molecular flexibility index (Phi) is 3.53. The van der Waals surface area contributed by atoms with Crippen LogP contribution in [0.15, 0.2) is 35.4 Å². The molecule has 23 heavy (non-hydrogen) atoms. The summed E-state index contributed by atoms with van der Waals surface area (Å²) in [6.45, 7) is 2.68. The number of hydrogen-bond acceptors (Lipinski definition) is 3. The number of aromatic nitrogens is 2. The van der Waals surface area contributed by atoms with Crippen LogP contribution in [0.1, 0.15) is 29.3 Å². The first-order valence-corrected chi connectivity index (χ1v) is 8.67. The van der Waals surface area contributed by atoms with E-state index in [4.69, 9.17) is 0 Å². The molecule has 2 aromatic heterocycles. The molecule has 0 spiro atoms. The first-order valence-electron chi connectivity index (χ1n) is 7.86. The highest BCUT2D eigenvalue weighted by atomic mass is 32.1. The van der Waals surface area contributed by atoms with E-state index in [1.54, 1.807) is 34.4 Å². The van der Waals surface area contributed by atoms with Gasteiger partial charge >= 0.3 is 0 Å². The summed E-state index contributed by atoms with van der Waals surface area (Å²) in [6, 6.07) is 6.24. The van der Waals surface area contributed by atoms with E-state index in [0.29, 0.717) is 12.5 Å². The summed E-state index contributed by atoms with van der Waals surface area (Å²) in [7, 11) is 0. The largest absolute Gasteiger partial charge is 0.294 e. The predicted molar refractivity (Wildman–Crippen MR) is 90.6 cm³/mol. The Balaban J connectivity index is 1.78. The molecule has 1 aliphatic rings. The molecule has 3 aromatic rings. The van der Waals surface area contributed by atoms with E-state index in [1.807, 2.05) is 0 Å². The van der Waals surface area contributed by atoms with E-state index >= 15 is 0 Å². The minimum atomic E-state index is -0.268. The summed E-state index contributed by atoms with van der Waals surface area (Å²) < 4.78 is 14.6. The lowest BCUT2D eigenvalue weighted by Crippen LogP contribution is -2.22. The van der Waals surface area contributed by atoms with Crippen LogP contribution in [0, 0.1) is 11.7 Å². The van der Waals surface area contributed by atoms with Crippen LogP contribution in [0.3, 0.4) is 0 Å². The van der Waals surface area contributed by atoms with Gasteiger partial charge < -0.3 is 0 Å². The van der Waals surface area contributed by atoms with Crippen molar-refractivity contribution in [3.8, 4) is 0 Å². The second-order valence-corrected chi connectivity index (χ2v) is 7.42. The van der Waals surface area contributed by atoms with Gasteiger partial charge in [-0.2, -0.15) is 0 Å². The second kappa shape index (κ2) is 5.57. The number of thiophene rings is 1. The first kappa shape index (κ1) is 14.6. The third-order valence-electron chi connectivity index (χ3n) is 4.55. The second-order valence-electron chi connectivity index (χ2n) is 6.34. The van der Waals surface area contributed by atoms with Gasteiger partial charge in [-0.3, -0.25) is 9.36 Å². The third kappa shape index (κ3) is 2.59. The van der Waals surface area contributed by atoms with Crippen LogP contribution in [0.5, 0.6) is 0 Å². The van der Waals surface area contributed by atoms with E-state index in [-0.39, 0.29) is 11.4 Å². The van der Waals surface area contributed by atoms with Crippen LogP contribution >= 0.6 is 11.3 Å². The number of halogens is 1. The first-order chi connectivity index (χ1) is 11.1. The van der Waals surface area contributed by atoms with Crippen LogP contribution in [-0.4, -0.2) is 9.55 Å². The molecule has 5 heteroatoms. The predicted octanol–water partition coefficient (Wildman–Crippen LogP) is 3.77. The van der Waals surface area contributed by atoms with Crippen molar-refractivity contribution in [3.05, 3.63) is 62.8 Å². The maximum absolute atomic E-state index is 13.0. The van der Waals surface area contributed by atoms with Gasteiger partial charge in [0.25, 0.3) is 5.56 Å². The van der Waals surface area contributed by atoms with Gasteiger partial charge in [-0.1, -0.05) is 19.1 Å². The van der Waals surface area contributed by atoms with E-state index in [0.717, 1.165) is 35.0 Å². The number of aryl methyl sites for hydroxylation is 1. The Morgan fingerprint density at radius 1 is 1.35 bits per heavy atom. The quantitative estimate of drug-likeness (QED) is 0.718. The van der Waals surface area contributed by atoms with Crippen LogP contribution in [0.2, 0.25) is 0 Å². The topological polar surface area (TPSA) is 34.9 Å². The summed E-state index contributed by atoms with van der Waals surface area (Å²) in [4.78, 5) is 19.5. The van der Waals surface area contributed by atoms with Gasteiger partial charge in [0.15, 0.2) is 0 Å². The molecule has 1 aliphatic carbocycles. The minimum absolute atomic E-state index is 0.0198. The Morgan fingerprint density at radius 2 is 2.13 bits per heavy atom. The highest BCUT2D eigenvalue weighted by Crippen LogP contribution is 2.35. The van der Waals surface area contributed by atoms with Gasteiger partial charge in [0, 0.05) is 4.88 Å². The van der Waals surface area contributed by atoms with Gasteiger partial charge in [0.05, 0.1) is 18.3 Å². The van der Waals surface area contributed by atoms with Crippen molar-refractivity contribution in [3.63, 3.8) is 0 Å². The fourth-order valence-electron chi connectivity index (χ4n) is 3.27. The van der Waals surface area contributed by atoms with Crippen molar-refractivity contribution >= 4 is 21.6 Å². The third-order valence-corrected chi connectivity index (χ3v) is 5.71. The smallest absolute Gasteiger partial charge is 0.262 e. The van der Waals surface area contributed by atoms with Crippen LogP contribution in [-0.2, 0) is 19.4 Å². The fraction of sp³-hybridized carbons (Fsp3) is 0.333. The lowest BCUT2D eigenvalue weighted by Gasteiger charge is -2.17. The van der Waals surface area contributed by atoms with E-state index in [1.165, 1.54) is 22.6 Å². The summed E-state index contributed by atoms with van der Waals surface area (Å²) in [5.74, 6) is 0.410. The van der Waals surface area contributed by atoms with Gasteiger partial charge in [0.2, 0.25) is 0 Å². The van der Waals surface area contributed by atoms with Crippen molar-refractivity contribution in [1.82, 2.24) is 9.55 Å². The summed E-state index contributed by atoms with van der Waals surface area (Å²) in [5.41, 5.74) is 2.12. The van der Waals surface area contributed by atoms with Gasteiger partial charge in [-0.05, 0) is 48.4 Å². The molecule has 0 unspecified atom stereocenters. The maximum Gasteiger partial charge on any atom is 0.262 e. The highest BCUT2D eigenvalue weighted by molar-refractivity contribution is 7.18. The highest BCUT2D eigenvalue weighted by Gasteiger charge is 2.23. The lowest BCUT2D eigenvalue weighted by atomic mass is 9.89. The zero-order valence-electron chi connectivity index (χ0n) is 12.9. The molecule has 4 rings (SSSR count). The summed E-state index contributed by atoms with van der Waals surface area (Å²) >= 11 is 1.66. The molecule has 1 atom stereocenters. The maximum atomic E-state index is 13.0. The molecule has 2 heterocycles. The molecular weight excluding hydrogens is 311 g/mol. The van der Waals surface area contributed by atoms with Gasteiger partial charge in [-0.15, -0.1) is 11.3 Å². The molecule has 0 saturated carbocycles. The minimum Gasteiger partial charge on any atom is -0.294 e. The van der Waals surface area contributed by atoms with E-state index in [2.05, 4.69) is 11.9 Å². The zero-order valence-corrected chi connectivity index (χ0v) is 13.7. The molecule has 0 fully saturated rings. The van der Waals surface area contributed by atoms with E-state index < -0.39 is 0 Å². The molecule has 0 bridgehead atoms. The van der Waals surface area contributed by atoms with Gasteiger partial charge in [0.1, 0.15) is 10.6 Å². The number of fused-ring (bicyclic) bond motifs is 3. The Hall–Kier alpha value is -2.01. The molecule has 0 aliphatic heterocycles. The van der Waals surface area contributed by atoms with Crippen molar-refractivity contribution in [2.45, 2.75) is 32.7 Å². The molecular formula is C18H17FN2OS. The SMILES string of the molecule is C[C@H]1CCc2c(sc3ncn(Cc4ccc(F)cc4)c(=O)c23)C1. The molecule has 1 aromatic carbocycles. The fourth-order valence-corrected chi connectivity index (χ4v) is 4.61. The molecule has 0 N–H and O–H groups in total. The Bertz CT molecular complexity index is 927. The summed E-state index contributed by atoms with van der Waals surface area (Å²) in [5, 5.41) is 0.793. The molecule has 0 radical (unpaired) electrons. The average molecular weight is 328 g/mol. The van der Waals surface area contributed by atoms with Gasteiger partial charge in [-0.25, -0.2) is 9.37 Å². The van der Waals surface area contributed by atoms with Crippen molar-refractivity contribution in [2.24, 2.45) is 5.92 Å². The van der Waals surface area contributed by atoms with Crippen LogP contribution < -0.4 is 5.56 Å². The monoisotopic (exact) mass is 328 g/mol. The van der Waals surface area contributed by atoms with Crippen molar-refractivity contribution in [1.29, 1.82) is 0 Å². The number of rotatable bonds is 2. The zero-order chi connectivity index (χ0) is 16.0. The standard InChI is InChI=1S/C18H17FN2OS/c1-11-2-7-14-15(8-11)23-17-16(14)18(22)21(10-20-17)9-12-3-5-13(19)6-4-12/h3-6,10-11H,2,7-9H2,1H3/t11-/m0/s1. The molecule has 118 valence electrons. The number of benzene rings is 1. The summed E-state index contributed by atoms with van der Waals surface area (Å²) in [6.07, 6.45) is 4.76. The Morgan fingerprint density at radius 3 is 2.91 bits per heavy atom. The molecule has 3 nitrogen and oxygen atoms in total. The van der Waals surface area contributed by atoms with Crippen molar-refractivity contribution < 1.29 is 4.39 Å². The van der Waals surface area contributed by atoms with Crippen LogP contribution in [0.4, 0.5) is 4.39 Å². The molecule has 0 amide bonds. The van der Waals surface area contributed by atoms with Crippen molar-refractivity contribution in [2.75, 3.05) is 0 Å². The number of hydrogen-bond donors (Lipinski definition) is 0.